The zero-order valence-corrected chi connectivity index (χ0v) is 13.2. The van der Waals surface area contributed by atoms with Gasteiger partial charge in [0.25, 0.3) is 0 Å². The van der Waals surface area contributed by atoms with Gasteiger partial charge in [0.2, 0.25) is 5.96 Å². The van der Waals surface area contributed by atoms with Crippen molar-refractivity contribution in [2.75, 3.05) is 6.54 Å². The van der Waals surface area contributed by atoms with Crippen LogP contribution in [0.5, 0.6) is 5.75 Å². The maximum atomic E-state index is 10.0. The van der Waals surface area contributed by atoms with Crippen LogP contribution in [0.25, 0.3) is 0 Å². The fourth-order valence-corrected chi connectivity index (χ4v) is 2.60. The van der Waals surface area contributed by atoms with Gasteiger partial charge in [0.05, 0.1) is 17.3 Å². The molecular weight excluding hydrogens is 312 g/mol. The first-order chi connectivity index (χ1) is 11.1. The van der Waals surface area contributed by atoms with Crippen LogP contribution in [0.15, 0.2) is 53.6 Å². The third-order valence-corrected chi connectivity index (χ3v) is 3.97. The van der Waals surface area contributed by atoms with E-state index in [0.29, 0.717) is 30.1 Å². The number of hydrogen-bond donors (Lipinski definition) is 3. The van der Waals surface area contributed by atoms with E-state index in [4.69, 9.17) is 17.0 Å². The van der Waals surface area contributed by atoms with Crippen molar-refractivity contribution in [3.63, 3.8) is 0 Å². The molecule has 0 saturated carbocycles. The number of halogens is 1. The van der Waals surface area contributed by atoms with Gasteiger partial charge in [0, 0.05) is 18.5 Å². The highest BCUT2D eigenvalue weighted by Crippen LogP contribution is 2.29. The number of phenols is 1. The summed E-state index contributed by atoms with van der Waals surface area (Å²) in [6.07, 6.45) is 0.656. The number of aromatic hydroxyl groups is 1. The molecular formula is C17H17ClN4O. The van der Waals surface area contributed by atoms with Gasteiger partial charge in [-0.3, -0.25) is 5.41 Å². The van der Waals surface area contributed by atoms with E-state index >= 15 is 0 Å². The molecule has 0 saturated heterocycles. The Bertz CT molecular complexity index is 746. The van der Waals surface area contributed by atoms with E-state index in [9.17, 15) is 5.11 Å². The number of guanidine groups is 1. The average Bonchev–Trinajstić information content (AvgIpc) is 3.06. The molecule has 0 spiro atoms. The van der Waals surface area contributed by atoms with Crippen molar-refractivity contribution in [2.24, 2.45) is 5.10 Å². The molecule has 0 bridgehead atoms. The highest BCUT2D eigenvalue weighted by Gasteiger charge is 2.21. The second kappa shape index (κ2) is 6.71. The molecule has 0 amide bonds. The zero-order chi connectivity index (χ0) is 16.2. The van der Waals surface area contributed by atoms with Gasteiger partial charge in [0.15, 0.2) is 0 Å². The predicted octanol–water partition coefficient (Wildman–Crippen LogP) is 3.18. The molecule has 5 nitrogen and oxygen atoms in total. The van der Waals surface area contributed by atoms with Crippen LogP contribution in [0, 0.1) is 5.41 Å². The summed E-state index contributed by atoms with van der Waals surface area (Å²) in [6.45, 7) is 1.17. The Kier molecular flexibility index (Phi) is 4.48. The summed E-state index contributed by atoms with van der Waals surface area (Å²) >= 11 is 5.94. The molecule has 0 unspecified atom stereocenters. The van der Waals surface area contributed by atoms with E-state index in [1.54, 1.807) is 23.2 Å². The lowest BCUT2D eigenvalue weighted by Crippen LogP contribution is -2.35. The van der Waals surface area contributed by atoms with E-state index in [1.165, 1.54) is 0 Å². The van der Waals surface area contributed by atoms with Crippen molar-refractivity contribution in [3.05, 3.63) is 64.7 Å². The molecule has 0 fully saturated rings. The van der Waals surface area contributed by atoms with Crippen LogP contribution in [-0.2, 0) is 6.54 Å². The minimum atomic E-state index is 0.0403. The van der Waals surface area contributed by atoms with Gasteiger partial charge >= 0.3 is 0 Å². The maximum Gasteiger partial charge on any atom is 0.212 e. The molecule has 3 rings (SSSR count). The zero-order valence-electron chi connectivity index (χ0n) is 12.5. The number of rotatable bonds is 3. The van der Waals surface area contributed by atoms with Crippen molar-refractivity contribution in [3.8, 4) is 5.75 Å². The number of nitrogens with one attached hydrogen (secondary N) is 2. The third-order valence-electron chi connectivity index (χ3n) is 3.66. The van der Waals surface area contributed by atoms with E-state index in [1.807, 2.05) is 30.3 Å². The summed E-state index contributed by atoms with van der Waals surface area (Å²) in [5.41, 5.74) is 2.46. The topological polar surface area (TPSA) is 71.7 Å². The van der Waals surface area contributed by atoms with Crippen molar-refractivity contribution in [1.29, 1.82) is 5.41 Å². The molecule has 3 N–H and O–H groups in total. The van der Waals surface area contributed by atoms with Crippen LogP contribution in [0.4, 0.5) is 0 Å². The van der Waals surface area contributed by atoms with Crippen LogP contribution in [0.1, 0.15) is 17.5 Å². The number of hydrazone groups is 1. The SMILES string of the molecule is N=C(NCc1ccccc1)N1CCC(c2cccc(Cl)c2O)=N1. The Balaban J connectivity index is 1.67. The van der Waals surface area contributed by atoms with Gasteiger partial charge in [-0.15, -0.1) is 0 Å². The first-order valence-corrected chi connectivity index (χ1v) is 7.72. The molecule has 0 aromatic heterocycles. The fourth-order valence-electron chi connectivity index (χ4n) is 2.43. The summed E-state index contributed by atoms with van der Waals surface area (Å²) in [4.78, 5) is 0. The van der Waals surface area contributed by atoms with Gasteiger partial charge < -0.3 is 10.4 Å². The number of para-hydroxylation sites is 1. The van der Waals surface area contributed by atoms with Crippen LogP contribution in [-0.4, -0.2) is 28.3 Å². The molecule has 2 aromatic carbocycles. The van der Waals surface area contributed by atoms with E-state index in [-0.39, 0.29) is 11.7 Å². The lowest BCUT2D eigenvalue weighted by atomic mass is 10.1. The molecule has 1 aliphatic heterocycles. The van der Waals surface area contributed by atoms with Gasteiger partial charge in [-0.1, -0.05) is 48.0 Å². The monoisotopic (exact) mass is 328 g/mol. The van der Waals surface area contributed by atoms with Crippen LogP contribution in [0.2, 0.25) is 5.02 Å². The Labute approximate surface area is 139 Å². The van der Waals surface area contributed by atoms with Gasteiger partial charge in [-0.05, 0) is 17.7 Å². The molecule has 1 heterocycles. The quantitative estimate of drug-likeness (QED) is 0.598. The summed E-state index contributed by atoms with van der Waals surface area (Å²) < 4.78 is 0. The van der Waals surface area contributed by atoms with Gasteiger partial charge in [-0.2, -0.15) is 5.10 Å². The Morgan fingerprint density at radius 3 is 2.78 bits per heavy atom. The average molecular weight is 329 g/mol. The highest BCUT2D eigenvalue weighted by molar-refractivity contribution is 6.32. The lowest BCUT2D eigenvalue weighted by molar-refractivity contribution is 0.464. The van der Waals surface area contributed by atoms with Crippen molar-refractivity contribution >= 4 is 23.3 Å². The van der Waals surface area contributed by atoms with Crippen molar-refractivity contribution in [1.82, 2.24) is 10.3 Å². The fraction of sp³-hybridized carbons (Fsp3) is 0.176. The van der Waals surface area contributed by atoms with Crippen molar-refractivity contribution in [2.45, 2.75) is 13.0 Å². The molecule has 118 valence electrons. The second-order valence-electron chi connectivity index (χ2n) is 5.24. The molecule has 2 aromatic rings. The van der Waals surface area contributed by atoms with Crippen LogP contribution < -0.4 is 5.32 Å². The molecule has 23 heavy (non-hydrogen) atoms. The van der Waals surface area contributed by atoms with E-state index < -0.39 is 0 Å². The molecule has 0 radical (unpaired) electrons. The van der Waals surface area contributed by atoms with E-state index in [0.717, 1.165) is 11.3 Å². The highest BCUT2D eigenvalue weighted by atomic mass is 35.5. The van der Waals surface area contributed by atoms with Crippen LogP contribution >= 0.6 is 11.6 Å². The first-order valence-electron chi connectivity index (χ1n) is 7.34. The van der Waals surface area contributed by atoms with Crippen molar-refractivity contribution < 1.29 is 5.11 Å². The minimum Gasteiger partial charge on any atom is -0.506 e. The Morgan fingerprint density at radius 2 is 2.00 bits per heavy atom. The number of nitrogens with zero attached hydrogens (tertiary/aromatic N) is 2. The minimum absolute atomic E-state index is 0.0403. The molecule has 6 heteroatoms. The summed E-state index contributed by atoms with van der Waals surface area (Å²) in [5.74, 6) is 0.281. The summed E-state index contributed by atoms with van der Waals surface area (Å²) in [6, 6.07) is 15.1. The summed E-state index contributed by atoms with van der Waals surface area (Å²) in [5, 5.41) is 27.5. The third kappa shape index (κ3) is 3.46. The van der Waals surface area contributed by atoms with Gasteiger partial charge in [-0.25, -0.2) is 5.01 Å². The predicted molar refractivity (Wildman–Crippen MR) is 92.0 cm³/mol. The molecule has 0 aliphatic carbocycles. The smallest absolute Gasteiger partial charge is 0.212 e. The Morgan fingerprint density at radius 1 is 1.22 bits per heavy atom. The standard InChI is InChI=1S/C17H17ClN4O/c18-14-8-4-7-13(16(14)23)15-9-10-22(21-15)17(19)20-11-12-5-2-1-3-6-12/h1-8,23H,9-11H2,(H2,19,20). The molecule has 1 aliphatic rings. The first kappa shape index (κ1) is 15.4. The number of benzene rings is 2. The Hall–Kier alpha value is -2.53. The van der Waals surface area contributed by atoms with Crippen LogP contribution in [0.3, 0.4) is 0 Å². The maximum absolute atomic E-state index is 10.0. The largest absolute Gasteiger partial charge is 0.506 e. The molecule has 0 atom stereocenters. The number of hydrogen-bond acceptors (Lipinski definition) is 3. The van der Waals surface area contributed by atoms with Gasteiger partial charge in [0.1, 0.15) is 5.75 Å². The normalized spacial score (nSPS) is 13.8. The summed E-state index contributed by atoms with van der Waals surface area (Å²) in [7, 11) is 0. The second-order valence-corrected chi connectivity index (χ2v) is 5.65. The lowest BCUT2D eigenvalue weighted by Gasteiger charge is -2.16. The van der Waals surface area contributed by atoms with E-state index in [2.05, 4.69) is 10.4 Å². The number of phenolic OH excluding ortho intramolecular Hbond substituents is 1.